The molecule has 4 aliphatic heterocycles. The van der Waals surface area contributed by atoms with E-state index >= 15 is 0 Å². The lowest BCUT2D eigenvalue weighted by Crippen LogP contribution is -2.54. The quantitative estimate of drug-likeness (QED) is 0.734. The molecule has 4 fully saturated rings. The van der Waals surface area contributed by atoms with E-state index < -0.39 is 0 Å². The molecule has 0 aromatic rings. The van der Waals surface area contributed by atoms with Crippen molar-refractivity contribution in [2.75, 3.05) is 46.1 Å². The van der Waals surface area contributed by atoms with Crippen LogP contribution in [0.1, 0.15) is 38.5 Å². The van der Waals surface area contributed by atoms with Gasteiger partial charge in [-0.2, -0.15) is 0 Å². The molecular formula is C16H27NO4. The fraction of sp³-hybridized carbons (Fsp3) is 1.00. The summed E-state index contributed by atoms with van der Waals surface area (Å²) in [7, 11) is 0. The van der Waals surface area contributed by atoms with Crippen LogP contribution in [0, 0.1) is 0 Å². The molecule has 4 saturated heterocycles. The van der Waals surface area contributed by atoms with E-state index in [9.17, 15) is 0 Å². The van der Waals surface area contributed by atoms with Crippen LogP contribution < -0.4 is 0 Å². The number of piperidine rings is 1. The van der Waals surface area contributed by atoms with Crippen molar-refractivity contribution in [3.05, 3.63) is 0 Å². The van der Waals surface area contributed by atoms with E-state index in [0.29, 0.717) is 6.04 Å². The Kier molecular flexibility index (Phi) is 3.96. The van der Waals surface area contributed by atoms with Gasteiger partial charge >= 0.3 is 0 Å². The van der Waals surface area contributed by atoms with Gasteiger partial charge in [-0.25, -0.2) is 0 Å². The van der Waals surface area contributed by atoms with Gasteiger partial charge in [-0.1, -0.05) is 0 Å². The summed E-state index contributed by atoms with van der Waals surface area (Å²) < 4.78 is 23.4. The van der Waals surface area contributed by atoms with Crippen molar-refractivity contribution in [1.82, 2.24) is 4.90 Å². The SMILES string of the molecule is C1CC2(CCO1)CC(N1CCC3(CC1)OCCO3)CCO2. The fourth-order valence-corrected chi connectivity index (χ4v) is 4.42. The molecule has 4 aliphatic rings. The summed E-state index contributed by atoms with van der Waals surface area (Å²) in [6, 6.07) is 0.663. The number of nitrogens with zero attached hydrogens (tertiary/aromatic N) is 1. The summed E-state index contributed by atoms with van der Waals surface area (Å²) in [5.41, 5.74) is 0.0939. The second-order valence-corrected chi connectivity index (χ2v) is 6.93. The van der Waals surface area contributed by atoms with Gasteiger partial charge in [-0.3, -0.25) is 4.90 Å². The molecule has 5 heteroatoms. The van der Waals surface area contributed by atoms with Gasteiger partial charge in [0, 0.05) is 51.8 Å². The van der Waals surface area contributed by atoms with Crippen LogP contribution in [0.5, 0.6) is 0 Å². The third kappa shape index (κ3) is 2.86. The van der Waals surface area contributed by atoms with E-state index in [1.807, 2.05) is 0 Å². The molecule has 5 nitrogen and oxygen atoms in total. The second-order valence-electron chi connectivity index (χ2n) is 6.93. The van der Waals surface area contributed by atoms with Crippen LogP contribution in [0.3, 0.4) is 0 Å². The van der Waals surface area contributed by atoms with Gasteiger partial charge in [0.15, 0.2) is 5.79 Å². The normalized spacial score (nSPS) is 36.3. The Hall–Kier alpha value is -0.200. The third-order valence-corrected chi connectivity index (χ3v) is 5.76. The van der Waals surface area contributed by atoms with E-state index in [-0.39, 0.29) is 11.4 Å². The van der Waals surface area contributed by atoms with Gasteiger partial charge in [0.05, 0.1) is 18.8 Å². The molecule has 0 amide bonds. The third-order valence-electron chi connectivity index (χ3n) is 5.76. The summed E-state index contributed by atoms with van der Waals surface area (Å²) in [5, 5.41) is 0. The van der Waals surface area contributed by atoms with Crippen LogP contribution in [-0.2, 0) is 18.9 Å². The van der Waals surface area contributed by atoms with Gasteiger partial charge < -0.3 is 18.9 Å². The van der Waals surface area contributed by atoms with Crippen LogP contribution in [0.15, 0.2) is 0 Å². The average Bonchev–Trinajstić information content (AvgIpc) is 2.97. The van der Waals surface area contributed by atoms with Crippen molar-refractivity contribution in [3.63, 3.8) is 0 Å². The summed E-state index contributed by atoms with van der Waals surface area (Å²) in [6.45, 7) is 6.34. The standard InChI is InChI=1S/C16H27NO4/c1-8-19-15(4-9-18-10-5-15)13-14(1)17-6-2-16(3-7-17)20-11-12-21-16/h14H,1-13H2. The predicted octanol–water partition coefficient (Wildman–Crippen LogP) is 1.55. The van der Waals surface area contributed by atoms with Gasteiger partial charge in [0.1, 0.15) is 0 Å². The highest BCUT2D eigenvalue weighted by Crippen LogP contribution is 2.38. The van der Waals surface area contributed by atoms with Gasteiger partial charge in [-0.15, -0.1) is 0 Å². The summed E-state index contributed by atoms with van der Waals surface area (Å²) in [6.07, 6.45) is 6.49. The smallest absolute Gasteiger partial charge is 0.170 e. The maximum absolute atomic E-state index is 6.16. The van der Waals surface area contributed by atoms with E-state index in [1.165, 1.54) is 6.42 Å². The van der Waals surface area contributed by atoms with Crippen LogP contribution in [0.4, 0.5) is 0 Å². The largest absolute Gasteiger partial charge is 0.381 e. The minimum atomic E-state index is -0.252. The van der Waals surface area contributed by atoms with Crippen LogP contribution >= 0.6 is 0 Å². The minimum absolute atomic E-state index is 0.0939. The van der Waals surface area contributed by atoms with Crippen molar-refractivity contribution in [1.29, 1.82) is 0 Å². The minimum Gasteiger partial charge on any atom is -0.381 e. The number of likely N-dealkylation sites (tertiary alicyclic amines) is 1. The molecule has 0 aromatic carbocycles. The Bertz CT molecular complexity index is 348. The molecule has 1 unspecified atom stereocenters. The van der Waals surface area contributed by atoms with E-state index in [1.54, 1.807) is 0 Å². The first-order valence-electron chi connectivity index (χ1n) is 8.53. The average molecular weight is 297 g/mol. The Morgan fingerprint density at radius 2 is 1.48 bits per heavy atom. The van der Waals surface area contributed by atoms with Crippen molar-refractivity contribution in [2.45, 2.75) is 56.0 Å². The maximum atomic E-state index is 6.16. The monoisotopic (exact) mass is 297 g/mol. The lowest BCUT2D eigenvalue weighted by molar-refractivity contribution is -0.197. The first-order valence-corrected chi connectivity index (χ1v) is 8.53. The van der Waals surface area contributed by atoms with Crippen molar-refractivity contribution < 1.29 is 18.9 Å². The molecule has 0 bridgehead atoms. The first kappa shape index (κ1) is 14.4. The molecule has 21 heavy (non-hydrogen) atoms. The van der Waals surface area contributed by atoms with Crippen LogP contribution in [0.2, 0.25) is 0 Å². The number of hydrogen-bond acceptors (Lipinski definition) is 5. The zero-order valence-corrected chi connectivity index (χ0v) is 12.8. The molecule has 120 valence electrons. The van der Waals surface area contributed by atoms with E-state index in [2.05, 4.69) is 4.90 Å². The second kappa shape index (κ2) is 5.78. The van der Waals surface area contributed by atoms with Crippen molar-refractivity contribution in [3.8, 4) is 0 Å². The molecule has 0 radical (unpaired) electrons. The topological polar surface area (TPSA) is 40.2 Å². The number of rotatable bonds is 1. The predicted molar refractivity (Wildman–Crippen MR) is 77.2 cm³/mol. The molecular weight excluding hydrogens is 270 g/mol. The Morgan fingerprint density at radius 3 is 2.19 bits per heavy atom. The Labute approximate surface area is 126 Å². The molecule has 4 heterocycles. The lowest BCUT2D eigenvalue weighted by atomic mass is 9.83. The first-order chi connectivity index (χ1) is 10.3. The fourth-order valence-electron chi connectivity index (χ4n) is 4.42. The van der Waals surface area contributed by atoms with E-state index in [0.717, 1.165) is 78.2 Å². The zero-order chi connectivity index (χ0) is 14.2. The van der Waals surface area contributed by atoms with Crippen molar-refractivity contribution >= 4 is 0 Å². The maximum Gasteiger partial charge on any atom is 0.170 e. The van der Waals surface area contributed by atoms with Crippen LogP contribution in [-0.4, -0.2) is 68.5 Å². The Morgan fingerprint density at radius 1 is 0.762 bits per heavy atom. The van der Waals surface area contributed by atoms with Gasteiger partial charge in [0.25, 0.3) is 0 Å². The molecule has 4 rings (SSSR count). The number of hydrogen-bond donors (Lipinski definition) is 0. The summed E-state index contributed by atoms with van der Waals surface area (Å²) in [5.74, 6) is -0.252. The molecule has 0 aliphatic carbocycles. The van der Waals surface area contributed by atoms with Crippen molar-refractivity contribution in [2.24, 2.45) is 0 Å². The van der Waals surface area contributed by atoms with Crippen LogP contribution in [0.25, 0.3) is 0 Å². The highest BCUT2D eigenvalue weighted by atomic mass is 16.7. The molecule has 0 N–H and O–H groups in total. The van der Waals surface area contributed by atoms with E-state index in [4.69, 9.17) is 18.9 Å². The number of ether oxygens (including phenoxy) is 4. The zero-order valence-electron chi connectivity index (χ0n) is 12.8. The summed E-state index contributed by atoms with van der Waals surface area (Å²) in [4.78, 5) is 2.65. The van der Waals surface area contributed by atoms with Gasteiger partial charge in [-0.05, 0) is 25.7 Å². The highest BCUT2D eigenvalue weighted by Gasteiger charge is 2.44. The molecule has 1 atom stereocenters. The van der Waals surface area contributed by atoms with Gasteiger partial charge in [0.2, 0.25) is 0 Å². The highest BCUT2D eigenvalue weighted by molar-refractivity contribution is 4.94. The molecule has 0 aromatic heterocycles. The Balaban J connectivity index is 1.36. The summed E-state index contributed by atoms with van der Waals surface area (Å²) >= 11 is 0. The molecule has 0 saturated carbocycles. The lowest BCUT2D eigenvalue weighted by Gasteiger charge is -2.48. The molecule has 2 spiro atoms.